The van der Waals surface area contributed by atoms with Crippen LogP contribution in [0.2, 0.25) is 5.02 Å². The van der Waals surface area contributed by atoms with Gasteiger partial charge in [0.05, 0.1) is 18.4 Å². The summed E-state index contributed by atoms with van der Waals surface area (Å²) in [5, 5.41) is 5.56. The minimum absolute atomic E-state index is 0.112. The van der Waals surface area contributed by atoms with Crippen molar-refractivity contribution >= 4 is 40.8 Å². The van der Waals surface area contributed by atoms with Crippen LogP contribution < -0.4 is 10.6 Å². The van der Waals surface area contributed by atoms with Gasteiger partial charge in [-0.25, -0.2) is 4.79 Å². The molecule has 0 aliphatic rings. The van der Waals surface area contributed by atoms with Gasteiger partial charge in [-0.3, -0.25) is 14.6 Å². The largest absolute Gasteiger partial charge is 0.465 e. The Morgan fingerprint density at radius 2 is 1.50 bits per heavy atom. The van der Waals surface area contributed by atoms with E-state index in [1.165, 1.54) is 25.3 Å². The number of hydrogen-bond acceptors (Lipinski definition) is 6. The quantitative estimate of drug-likeness (QED) is 0.503. The van der Waals surface area contributed by atoms with Gasteiger partial charge >= 0.3 is 5.97 Å². The molecule has 1 heterocycles. The van der Waals surface area contributed by atoms with Crippen LogP contribution in [0.3, 0.4) is 0 Å². The van der Waals surface area contributed by atoms with Gasteiger partial charge < -0.3 is 20.1 Å². The smallest absolute Gasteiger partial charge is 0.340 e. The number of benzene rings is 2. The molecule has 0 atom stereocenters. The second-order valence-corrected chi connectivity index (χ2v) is 7.02. The van der Waals surface area contributed by atoms with E-state index in [-0.39, 0.29) is 24.5 Å². The van der Waals surface area contributed by atoms with Gasteiger partial charge in [0.15, 0.2) is 0 Å². The third kappa shape index (κ3) is 6.37. The number of carbonyl (C=O) groups is 3. The van der Waals surface area contributed by atoms with Crippen molar-refractivity contribution in [2.45, 2.75) is 0 Å². The van der Waals surface area contributed by atoms with E-state index < -0.39 is 17.8 Å². The zero-order valence-corrected chi connectivity index (χ0v) is 17.9. The fourth-order valence-electron chi connectivity index (χ4n) is 2.81. The van der Waals surface area contributed by atoms with Crippen LogP contribution >= 0.6 is 11.6 Å². The Kier molecular flexibility index (Phi) is 7.91. The number of esters is 1. The first-order chi connectivity index (χ1) is 15.5. The normalized spacial score (nSPS) is 10.3. The molecule has 9 heteroatoms. The number of methoxy groups -OCH3 is 1. The predicted molar refractivity (Wildman–Crippen MR) is 121 cm³/mol. The van der Waals surface area contributed by atoms with Gasteiger partial charge in [0.25, 0.3) is 0 Å². The molecule has 0 radical (unpaired) electrons. The van der Waals surface area contributed by atoms with Gasteiger partial charge in [0, 0.05) is 23.1 Å². The summed E-state index contributed by atoms with van der Waals surface area (Å²) in [4.78, 5) is 40.0. The van der Waals surface area contributed by atoms with Crippen LogP contribution in [-0.4, -0.2) is 43.1 Å². The highest BCUT2D eigenvalue weighted by atomic mass is 35.5. The van der Waals surface area contributed by atoms with E-state index in [9.17, 15) is 14.4 Å². The number of aromatic nitrogens is 1. The average Bonchev–Trinajstić information content (AvgIpc) is 2.80. The number of ether oxygens (including phenoxy) is 2. The standard InChI is InChI=1S/C23H20ClN3O5/c1-31-23(30)19-12-17(24)4-7-20(19)27-22(29)14-32-13-21(28)26-18-5-2-15(3-6-18)16-8-10-25-11-9-16/h2-12H,13-14H2,1H3,(H,26,28)(H,27,29). The number of amides is 2. The van der Waals surface area contributed by atoms with E-state index in [0.29, 0.717) is 10.7 Å². The fraction of sp³-hybridized carbons (Fsp3) is 0.130. The van der Waals surface area contributed by atoms with E-state index >= 15 is 0 Å². The monoisotopic (exact) mass is 453 g/mol. The lowest BCUT2D eigenvalue weighted by atomic mass is 10.1. The molecule has 0 aliphatic carbocycles. The third-order valence-electron chi connectivity index (χ3n) is 4.31. The summed E-state index contributed by atoms with van der Waals surface area (Å²) in [6, 6.07) is 15.5. The Balaban J connectivity index is 1.47. The zero-order chi connectivity index (χ0) is 22.9. The van der Waals surface area contributed by atoms with Crippen molar-refractivity contribution in [2.75, 3.05) is 31.0 Å². The summed E-state index contributed by atoms with van der Waals surface area (Å²) in [5.74, 6) is -1.58. The first-order valence-corrected chi connectivity index (χ1v) is 9.90. The minimum atomic E-state index is -0.641. The predicted octanol–water partition coefficient (Wildman–Crippen LogP) is 3.78. The molecule has 32 heavy (non-hydrogen) atoms. The number of nitrogens with one attached hydrogen (secondary N) is 2. The van der Waals surface area contributed by atoms with Crippen molar-refractivity contribution in [2.24, 2.45) is 0 Å². The Hall–Kier alpha value is -3.75. The van der Waals surface area contributed by atoms with E-state index in [1.807, 2.05) is 24.3 Å². The molecule has 0 unspecified atom stereocenters. The molecule has 0 aliphatic heterocycles. The number of pyridine rings is 1. The molecule has 0 saturated carbocycles. The molecule has 2 aromatic carbocycles. The van der Waals surface area contributed by atoms with Crippen molar-refractivity contribution in [3.05, 3.63) is 77.6 Å². The number of rotatable bonds is 8. The summed E-state index contributed by atoms with van der Waals surface area (Å²) in [7, 11) is 1.23. The lowest BCUT2D eigenvalue weighted by Crippen LogP contribution is -2.24. The Morgan fingerprint density at radius 3 is 2.16 bits per heavy atom. The van der Waals surface area contributed by atoms with Gasteiger partial charge in [-0.2, -0.15) is 0 Å². The number of halogens is 1. The molecule has 0 bridgehead atoms. The van der Waals surface area contributed by atoms with Gasteiger partial charge in [-0.15, -0.1) is 0 Å². The van der Waals surface area contributed by atoms with Gasteiger partial charge in [0.2, 0.25) is 11.8 Å². The lowest BCUT2D eigenvalue weighted by Gasteiger charge is -2.11. The second-order valence-electron chi connectivity index (χ2n) is 6.58. The van der Waals surface area contributed by atoms with Crippen LogP contribution in [0.4, 0.5) is 11.4 Å². The van der Waals surface area contributed by atoms with Crippen molar-refractivity contribution in [3.8, 4) is 11.1 Å². The Labute approximate surface area is 189 Å². The maximum absolute atomic E-state index is 12.1. The van der Waals surface area contributed by atoms with Crippen molar-refractivity contribution in [1.29, 1.82) is 0 Å². The summed E-state index contributed by atoms with van der Waals surface area (Å²) in [6.45, 7) is -0.693. The molecule has 2 amide bonds. The second kappa shape index (κ2) is 11.0. The molecule has 164 valence electrons. The SMILES string of the molecule is COC(=O)c1cc(Cl)ccc1NC(=O)COCC(=O)Nc1ccc(-c2ccncc2)cc1. The van der Waals surface area contributed by atoms with E-state index in [1.54, 1.807) is 24.5 Å². The maximum Gasteiger partial charge on any atom is 0.340 e. The van der Waals surface area contributed by atoms with Crippen LogP contribution in [-0.2, 0) is 19.1 Å². The lowest BCUT2D eigenvalue weighted by molar-refractivity contribution is -0.125. The topological polar surface area (TPSA) is 107 Å². The number of carbonyl (C=O) groups excluding carboxylic acids is 3. The third-order valence-corrected chi connectivity index (χ3v) is 4.54. The molecule has 8 nitrogen and oxygen atoms in total. The summed E-state index contributed by atoms with van der Waals surface area (Å²) < 4.78 is 9.85. The van der Waals surface area contributed by atoms with Crippen molar-refractivity contribution in [1.82, 2.24) is 4.98 Å². The molecule has 3 rings (SSSR count). The highest BCUT2D eigenvalue weighted by Crippen LogP contribution is 2.22. The molecule has 0 saturated heterocycles. The molecule has 2 N–H and O–H groups in total. The number of anilines is 2. The van der Waals surface area contributed by atoms with Crippen molar-refractivity contribution < 1.29 is 23.9 Å². The maximum atomic E-state index is 12.1. The van der Waals surface area contributed by atoms with E-state index in [0.717, 1.165) is 11.1 Å². The fourth-order valence-corrected chi connectivity index (χ4v) is 2.99. The van der Waals surface area contributed by atoms with E-state index in [2.05, 4.69) is 20.4 Å². The van der Waals surface area contributed by atoms with Crippen LogP contribution in [0.15, 0.2) is 67.0 Å². The first-order valence-electron chi connectivity index (χ1n) is 9.52. The average molecular weight is 454 g/mol. The van der Waals surface area contributed by atoms with Gasteiger partial charge in [-0.05, 0) is 53.6 Å². The summed E-state index contributed by atoms with van der Waals surface area (Å²) in [5.41, 5.74) is 2.95. The van der Waals surface area contributed by atoms with Gasteiger partial charge in [0.1, 0.15) is 13.2 Å². The summed E-state index contributed by atoms with van der Waals surface area (Å²) >= 11 is 5.89. The molecule has 0 fully saturated rings. The minimum Gasteiger partial charge on any atom is -0.465 e. The highest BCUT2D eigenvalue weighted by Gasteiger charge is 2.15. The summed E-state index contributed by atoms with van der Waals surface area (Å²) in [6.07, 6.45) is 3.42. The number of nitrogens with zero attached hydrogens (tertiary/aromatic N) is 1. The molecule has 1 aromatic heterocycles. The first kappa shape index (κ1) is 22.9. The van der Waals surface area contributed by atoms with Crippen LogP contribution in [0.25, 0.3) is 11.1 Å². The molecule has 0 spiro atoms. The van der Waals surface area contributed by atoms with Crippen LogP contribution in [0.5, 0.6) is 0 Å². The van der Waals surface area contributed by atoms with E-state index in [4.69, 9.17) is 16.3 Å². The molecular weight excluding hydrogens is 434 g/mol. The molecule has 3 aromatic rings. The van der Waals surface area contributed by atoms with Crippen LogP contribution in [0.1, 0.15) is 10.4 Å². The number of hydrogen-bond donors (Lipinski definition) is 2. The zero-order valence-electron chi connectivity index (χ0n) is 17.1. The van der Waals surface area contributed by atoms with Crippen molar-refractivity contribution in [3.63, 3.8) is 0 Å². The molecular formula is C23H20ClN3O5. The van der Waals surface area contributed by atoms with Gasteiger partial charge in [-0.1, -0.05) is 23.7 Å². The highest BCUT2D eigenvalue weighted by molar-refractivity contribution is 6.31. The van der Waals surface area contributed by atoms with Crippen LogP contribution in [0, 0.1) is 0 Å². The Morgan fingerprint density at radius 1 is 0.875 bits per heavy atom. The Bertz CT molecular complexity index is 1100.